The number of hydrogen-bond donors (Lipinski definition) is 0. The zero-order valence-corrected chi connectivity index (χ0v) is 8.56. The van der Waals surface area contributed by atoms with Crippen molar-refractivity contribution in [3.05, 3.63) is 11.6 Å². The third-order valence-electron chi connectivity index (χ3n) is 4.35. The van der Waals surface area contributed by atoms with Gasteiger partial charge >= 0.3 is 0 Å². The van der Waals surface area contributed by atoms with Gasteiger partial charge in [-0.1, -0.05) is 31.9 Å². The van der Waals surface area contributed by atoms with Crippen molar-refractivity contribution in [2.75, 3.05) is 0 Å². The molecule has 0 aliphatic heterocycles. The molecule has 3 unspecified atom stereocenters. The van der Waals surface area contributed by atoms with Crippen LogP contribution in [0, 0.1) is 17.3 Å². The summed E-state index contributed by atoms with van der Waals surface area (Å²) in [6.07, 6.45) is 8.28. The highest BCUT2D eigenvalue weighted by Gasteiger charge is 2.41. The second-order valence-electron chi connectivity index (χ2n) is 5.00. The Morgan fingerprint density at radius 2 is 2.25 bits per heavy atom. The Labute approximate surface area is 76.1 Å². The molecule has 0 nitrogen and oxygen atoms in total. The van der Waals surface area contributed by atoms with E-state index in [2.05, 4.69) is 26.8 Å². The molecule has 3 rings (SSSR count). The first kappa shape index (κ1) is 8.34. The van der Waals surface area contributed by atoms with E-state index in [0.29, 0.717) is 5.41 Å². The van der Waals surface area contributed by atoms with Crippen LogP contribution >= 0.6 is 0 Å². The molecule has 0 aromatic rings. The Kier molecular flexibility index (Phi) is 1.82. The molecule has 3 atom stereocenters. The van der Waals surface area contributed by atoms with Gasteiger partial charge in [-0.25, -0.2) is 0 Å². The maximum absolute atomic E-state index is 2.56. The highest BCUT2D eigenvalue weighted by atomic mass is 14.5. The van der Waals surface area contributed by atoms with Crippen molar-refractivity contribution in [1.29, 1.82) is 0 Å². The van der Waals surface area contributed by atoms with E-state index in [1.807, 2.05) is 0 Å². The lowest BCUT2D eigenvalue weighted by Crippen LogP contribution is -2.37. The molecule has 0 saturated heterocycles. The van der Waals surface area contributed by atoms with Crippen LogP contribution in [0.2, 0.25) is 0 Å². The van der Waals surface area contributed by atoms with E-state index in [4.69, 9.17) is 0 Å². The molecule has 68 valence electrons. The average Bonchev–Trinajstić information content (AvgIpc) is 2.08. The summed E-state index contributed by atoms with van der Waals surface area (Å²) in [6, 6.07) is 0. The second-order valence-corrected chi connectivity index (χ2v) is 5.00. The summed E-state index contributed by atoms with van der Waals surface area (Å²) in [5.74, 6) is 1.83. The summed E-state index contributed by atoms with van der Waals surface area (Å²) >= 11 is 0. The van der Waals surface area contributed by atoms with E-state index < -0.39 is 0 Å². The molecule has 1 fully saturated rings. The molecular weight excluding hydrogens is 144 g/mol. The fourth-order valence-electron chi connectivity index (χ4n) is 3.08. The summed E-state index contributed by atoms with van der Waals surface area (Å²) in [4.78, 5) is 0. The SMILES string of the molecule is CCC1(C)CC2CCC1C=C2C. The molecule has 0 N–H and O–H groups in total. The summed E-state index contributed by atoms with van der Waals surface area (Å²) in [5, 5.41) is 0. The van der Waals surface area contributed by atoms with Gasteiger partial charge in [0, 0.05) is 0 Å². The predicted molar refractivity (Wildman–Crippen MR) is 53.0 cm³/mol. The van der Waals surface area contributed by atoms with Crippen LogP contribution in [0.3, 0.4) is 0 Å². The van der Waals surface area contributed by atoms with Gasteiger partial charge in [0.15, 0.2) is 0 Å². The zero-order valence-electron chi connectivity index (χ0n) is 8.56. The minimum atomic E-state index is 0.641. The van der Waals surface area contributed by atoms with Crippen molar-refractivity contribution >= 4 is 0 Å². The maximum atomic E-state index is 2.56. The average molecular weight is 164 g/mol. The van der Waals surface area contributed by atoms with E-state index in [9.17, 15) is 0 Å². The Morgan fingerprint density at radius 1 is 1.50 bits per heavy atom. The smallest absolute Gasteiger partial charge is 0.0176 e. The van der Waals surface area contributed by atoms with Crippen molar-refractivity contribution in [3.63, 3.8) is 0 Å². The molecule has 0 amide bonds. The fourth-order valence-corrected chi connectivity index (χ4v) is 3.08. The van der Waals surface area contributed by atoms with Crippen LogP contribution in [0.15, 0.2) is 11.6 Å². The molecule has 3 aliphatic carbocycles. The topological polar surface area (TPSA) is 0 Å². The van der Waals surface area contributed by atoms with E-state index in [0.717, 1.165) is 11.8 Å². The van der Waals surface area contributed by atoms with Gasteiger partial charge in [-0.15, -0.1) is 0 Å². The van der Waals surface area contributed by atoms with Crippen molar-refractivity contribution in [1.82, 2.24) is 0 Å². The first-order chi connectivity index (χ1) is 5.65. The molecular formula is C12H20. The van der Waals surface area contributed by atoms with Crippen molar-refractivity contribution in [2.24, 2.45) is 17.3 Å². The van der Waals surface area contributed by atoms with Gasteiger partial charge in [0.1, 0.15) is 0 Å². The van der Waals surface area contributed by atoms with Crippen LogP contribution in [-0.4, -0.2) is 0 Å². The lowest BCUT2D eigenvalue weighted by Gasteiger charge is -2.48. The number of hydrogen-bond acceptors (Lipinski definition) is 0. The first-order valence-electron chi connectivity index (χ1n) is 5.34. The van der Waals surface area contributed by atoms with Gasteiger partial charge < -0.3 is 0 Å². The fraction of sp³-hybridized carbons (Fsp3) is 0.833. The maximum Gasteiger partial charge on any atom is -0.0176 e. The minimum absolute atomic E-state index is 0.641. The standard InChI is InChI=1S/C12H20/c1-4-12(3)8-10-5-6-11(12)7-9(10)2/h7,10-11H,4-6,8H2,1-3H3. The minimum Gasteiger partial charge on any atom is -0.0817 e. The third kappa shape index (κ3) is 1.04. The monoisotopic (exact) mass is 164 g/mol. The Bertz CT molecular complexity index is 214. The molecule has 0 aromatic heterocycles. The van der Waals surface area contributed by atoms with Crippen LogP contribution in [0.5, 0.6) is 0 Å². The van der Waals surface area contributed by atoms with Crippen LogP contribution < -0.4 is 0 Å². The van der Waals surface area contributed by atoms with E-state index >= 15 is 0 Å². The predicted octanol–water partition coefficient (Wildman–Crippen LogP) is 3.78. The van der Waals surface area contributed by atoms with Gasteiger partial charge in [0.05, 0.1) is 0 Å². The van der Waals surface area contributed by atoms with Gasteiger partial charge in [-0.2, -0.15) is 0 Å². The molecule has 0 aromatic carbocycles. The molecule has 0 heteroatoms. The molecule has 0 spiro atoms. The molecule has 3 aliphatic rings. The first-order valence-corrected chi connectivity index (χ1v) is 5.34. The van der Waals surface area contributed by atoms with Crippen LogP contribution in [0.1, 0.15) is 46.5 Å². The Hall–Kier alpha value is -0.260. The number of fused-ring (bicyclic) bond motifs is 2. The van der Waals surface area contributed by atoms with E-state index in [1.54, 1.807) is 5.57 Å². The van der Waals surface area contributed by atoms with Gasteiger partial charge in [-0.05, 0) is 43.4 Å². The normalized spacial score (nSPS) is 46.1. The zero-order chi connectivity index (χ0) is 8.77. The molecule has 2 bridgehead atoms. The lowest BCUT2D eigenvalue weighted by atomic mass is 9.57. The van der Waals surface area contributed by atoms with Crippen LogP contribution in [0.4, 0.5) is 0 Å². The quantitative estimate of drug-likeness (QED) is 0.517. The highest BCUT2D eigenvalue weighted by molar-refractivity contribution is 5.18. The third-order valence-corrected chi connectivity index (χ3v) is 4.35. The molecule has 12 heavy (non-hydrogen) atoms. The van der Waals surface area contributed by atoms with Crippen molar-refractivity contribution in [3.8, 4) is 0 Å². The van der Waals surface area contributed by atoms with E-state index in [1.165, 1.54) is 25.7 Å². The molecule has 0 heterocycles. The highest BCUT2D eigenvalue weighted by Crippen LogP contribution is 2.52. The molecule has 0 radical (unpaired) electrons. The Balaban J connectivity index is 2.28. The van der Waals surface area contributed by atoms with Crippen LogP contribution in [-0.2, 0) is 0 Å². The largest absolute Gasteiger partial charge is 0.0817 e. The number of rotatable bonds is 1. The summed E-state index contributed by atoms with van der Waals surface area (Å²) in [7, 11) is 0. The van der Waals surface area contributed by atoms with Gasteiger partial charge in [0.2, 0.25) is 0 Å². The molecule has 1 saturated carbocycles. The second kappa shape index (κ2) is 2.61. The van der Waals surface area contributed by atoms with E-state index in [-0.39, 0.29) is 0 Å². The van der Waals surface area contributed by atoms with Gasteiger partial charge in [0.25, 0.3) is 0 Å². The van der Waals surface area contributed by atoms with Crippen molar-refractivity contribution in [2.45, 2.75) is 46.5 Å². The summed E-state index contributed by atoms with van der Waals surface area (Å²) < 4.78 is 0. The van der Waals surface area contributed by atoms with Crippen LogP contribution in [0.25, 0.3) is 0 Å². The summed E-state index contributed by atoms with van der Waals surface area (Å²) in [6.45, 7) is 7.16. The Morgan fingerprint density at radius 3 is 2.67 bits per heavy atom. The summed E-state index contributed by atoms with van der Waals surface area (Å²) in [5.41, 5.74) is 2.32. The van der Waals surface area contributed by atoms with Crippen molar-refractivity contribution < 1.29 is 0 Å². The lowest BCUT2D eigenvalue weighted by molar-refractivity contribution is 0.0963. The number of allylic oxidation sites excluding steroid dienone is 2. The van der Waals surface area contributed by atoms with Gasteiger partial charge in [-0.3, -0.25) is 0 Å².